The van der Waals surface area contributed by atoms with Gasteiger partial charge in [-0.2, -0.15) is 4.31 Å². The van der Waals surface area contributed by atoms with Crippen LogP contribution in [0.1, 0.15) is 44.2 Å². The highest BCUT2D eigenvalue weighted by Crippen LogP contribution is 2.33. The molecule has 0 bridgehead atoms. The van der Waals surface area contributed by atoms with E-state index >= 15 is 0 Å². The SMILES string of the molecule is CNc1cc(C)c(S(=O)(=O)N2[C@H](C)CCC[C@@H]2C)c(C)c1. The second-order valence-electron chi connectivity index (χ2n) is 6.15. The molecule has 4 nitrogen and oxygen atoms in total. The average molecular weight is 310 g/mol. The molecular weight excluding hydrogens is 284 g/mol. The van der Waals surface area contributed by atoms with Crippen LogP contribution >= 0.6 is 0 Å². The lowest BCUT2D eigenvalue weighted by atomic mass is 10.0. The Balaban J connectivity index is 2.54. The second-order valence-corrected chi connectivity index (χ2v) is 7.93. The minimum atomic E-state index is -3.44. The number of sulfonamides is 1. The first-order valence-electron chi connectivity index (χ1n) is 7.61. The summed E-state index contributed by atoms with van der Waals surface area (Å²) in [4.78, 5) is 0.474. The molecule has 1 fully saturated rings. The number of nitrogens with one attached hydrogen (secondary N) is 1. The Kier molecular flexibility index (Phi) is 4.63. The first kappa shape index (κ1) is 16.3. The lowest BCUT2D eigenvalue weighted by Gasteiger charge is -2.38. The third-order valence-electron chi connectivity index (χ3n) is 4.40. The van der Waals surface area contributed by atoms with E-state index in [9.17, 15) is 8.42 Å². The van der Waals surface area contributed by atoms with Gasteiger partial charge in [-0.1, -0.05) is 6.42 Å². The zero-order valence-corrected chi connectivity index (χ0v) is 14.4. The predicted molar refractivity (Wildman–Crippen MR) is 87.3 cm³/mol. The van der Waals surface area contributed by atoms with Gasteiger partial charge in [-0.15, -0.1) is 0 Å². The molecule has 0 amide bonds. The molecule has 0 unspecified atom stereocenters. The highest BCUT2D eigenvalue weighted by Gasteiger charge is 2.37. The van der Waals surface area contributed by atoms with Crippen LogP contribution in [0.15, 0.2) is 17.0 Å². The number of hydrogen-bond acceptors (Lipinski definition) is 3. The fourth-order valence-corrected chi connectivity index (χ4v) is 5.78. The molecule has 0 spiro atoms. The van der Waals surface area contributed by atoms with Gasteiger partial charge >= 0.3 is 0 Å². The Bertz CT molecular complexity index is 592. The van der Waals surface area contributed by atoms with Gasteiger partial charge in [0, 0.05) is 24.8 Å². The minimum Gasteiger partial charge on any atom is -0.388 e. The Morgan fingerprint density at radius 1 is 1.10 bits per heavy atom. The topological polar surface area (TPSA) is 49.4 Å². The normalized spacial score (nSPS) is 24.0. The van der Waals surface area contributed by atoms with Crippen LogP contribution in [0.5, 0.6) is 0 Å². The number of benzene rings is 1. The van der Waals surface area contributed by atoms with E-state index in [1.807, 2.05) is 46.9 Å². The molecule has 1 aliphatic rings. The van der Waals surface area contributed by atoms with E-state index in [1.54, 1.807) is 4.31 Å². The van der Waals surface area contributed by atoms with Gasteiger partial charge in [0.05, 0.1) is 4.90 Å². The van der Waals surface area contributed by atoms with Crippen molar-refractivity contribution in [1.29, 1.82) is 0 Å². The van der Waals surface area contributed by atoms with Crippen molar-refractivity contribution in [2.75, 3.05) is 12.4 Å². The maximum Gasteiger partial charge on any atom is 0.244 e. The number of rotatable bonds is 3. The van der Waals surface area contributed by atoms with Crippen molar-refractivity contribution in [1.82, 2.24) is 4.31 Å². The zero-order valence-electron chi connectivity index (χ0n) is 13.6. The fourth-order valence-electron chi connectivity index (χ4n) is 3.48. The van der Waals surface area contributed by atoms with Gasteiger partial charge in [-0.05, 0) is 63.8 Å². The van der Waals surface area contributed by atoms with Crippen LogP contribution in [0.4, 0.5) is 5.69 Å². The van der Waals surface area contributed by atoms with Crippen LogP contribution in [-0.2, 0) is 10.0 Å². The van der Waals surface area contributed by atoms with Crippen molar-refractivity contribution in [2.24, 2.45) is 0 Å². The number of aryl methyl sites for hydroxylation is 2. The van der Waals surface area contributed by atoms with Crippen molar-refractivity contribution in [3.05, 3.63) is 23.3 Å². The zero-order chi connectivity index (χ0) is 15.8. The van der Waals surface area contributed by atoms with E-state index in [1.165, 1.54) is 0 Å². The average Bonchev–Trinajstić information content (AvgIpc) is 2.36. The summed E-state index contributed by atoms with van der Waals surface area (Å²) in [5, 5.41) is 3.08. The Hall–Kier alpha value is -1.07. The first-order chi connectivity index (χ1) is 9.78. The maximum absolute atomic E-state index is 13.2. The quantitative estimate of drug-likeness (QED) is 0.932. The smallest absolute Gasteiger partial charge is 0.244 e. The number of anilines is 1. The summed E-state index contributed by atoms with van der Waals surface area (Å²) in [7, 11) is -1.60. The Labute approximate surface area is 128 Å². The van der Waals surface area contributed by atoms with E-state index in [0.717, 1.165) is 36.1 Å². The standard InChI is InChI=1S/C16H26N2O2S/c1-11-9-15(17-5)10-12(2)16(11)21(19,20)18-13(3)7-6-8-14(18)4/h9-10,13-14,17H,6-8H2,1-5H3/t13-,14+. The molecule has 1 aromatic carbocycles. The van der Waals surface area contributed by atoms with Crippen molar-refractivity contribution in [3.63, 3.8) is 0 Å². The lowest BCUT2D eigenvalue weighted by molar-refractivity contribution is 0.204. The number of nitrogens with zero attached hydrogens (tertiary/aromatic N) is 1. The molecule has 0 radical (unpaired) electrons. The predicted octanol–water partition coefficient (Wildman–Crippen LogP) is 3.30. The van der Waals surface area contributed by atoms with Gasteiger partial charge in [0.15, 0.2) is 0 Å². The fraction of sp³-hybridized carbons (Fsp3) is 0.625. The second kappa shape index (κ2) is 5.97. The maximum atomic E-state index is 13.2. The van der Waals surface area contributed by atoms with Crippen LogP contribution in [0.3, 0.4) is 0 Å². The summed E-state index contributed by atoms with van der Waals surface area (Å²) in [6, 6.07) is 3.95. The van der Waals surface area contributed by atoms with Crippen LogP contribution < -0.4 is 5.32 Å². The van der Waals surface area contributed by atoms with Crippen LogP contribution in [0.25, 0.3) is 0 Å². The van der Waals surface area contributed by atoms with Crippen LogP contribution in [-0.4, -0.2) is 31.9 Å². The van der Waals surface area contributed by atoms with Crippen molar-refractivity contribution in [2.45, 2.75) is 63.9 Å². The van der Waals surface area contributed by atoms with E-state index in [4.69, 9.17) is 0 Å². The molecular formula is C16H26N2O2S. The molecule has 118 valence electrons. The molecule has 1 heterocycles. The van der Waals surface area contributed by atoms with Crippen LogP contribution in [0.2, 0.25) is 0 Å². The highest BCUT2D eigenvalue weighted by molar-refractivity contribution is 7.89. The van der Waals surface area contributed by atoms with Crippen molar-refractivity contribution < 1.29 is 8.42 Å². The largest absolute Gasteiger partial charge is 0.388 e. The highest BCUT2D eigenvalue weighted by atomic mass is 32.2. The lowest BCUT2D eigenvalue weighted by Crippen LogP contribution is -2.47. The molecule has 0 saturated carbocycles. The monoisotopic (exact) mass is 310 g/mol. The summed E-state index contributed by atoms with van der Waals surface area (Å²) < 4.78 is 28.0. The van der Waals surface area contributed by atoms with E-state index in [2.05, 4.69) is 5.32 Å². The summed E-state index contributed by atoms with van der Waals surface area (Å²) in [6.07, 6.45) is 2.98. The summed E-state index contributed by atoms with van der Waals surface area (Å²) in [6.45, 7) is 7.78. The Morgan fingerprint density at radius 3 is 2.00 bits per heavy atom. The third-order valence-corrected chi connectivity index (χ3v) is 6.83. The summed E-state index contributed by atoms with van der Waals surface area (Å²) in [5.74, 6) is 0. The van der Waals surface area contributed by atoms with Crippen LogP contribution in [0, 0.1) is 13.8 Å². The molecule has 0 aromatic heterocycles. The molecule has 1 saturated heterocycles. The van der Waals surface area contributed by atoms with E-state index < -0.39 is 10.0 Å². The first-order valence-corrected chi connectivity index (χ1v) is 9.05. The van der Waals surface area contributed by atoms with Gasteiger partial charge < -0.3 is 5.32 Å². The molecule has 1 aliphatic heterocycles. The van der Waals surface area contributed by atoms with Gasteiger partial charge in [-0.3, -0.25) is 0 Å². The Morgan fingerprint density at radius 2 is 1.57 bits per heavy atom. The van der Waals surface area contributed by atoms with Crippen molar-refractivity contribution in [3.8, 4) is 0 Å². The van der Waals surface area contributed by atoms with E-state index in [0.29, 0.717) is 4.90 Å². The molecule has 5 heteroatoms. The van der Waals surface area contributed by atoms with Crippen molar-refractivity contribution >= 4 is 15.7 Å². The molecule has 21 heavy (non-hydrogen) atoms. The summed E-state index contributed by atoms with van der Waals surface area (Å²) in [5.41, 5.74) is 2.57. The van der Waals surface area contributed by atoms with Gasteiger partial charge in [0.25, 0.3) is 0 Å². The molecule has 0 aliphatic carbocycles. The van der Waals surface area contributed by atoms with Gasteiger partial charge in [0.1, 0.15) is 0 Å². The number of hydrogen-bond donors (Lipinski definition) is 1. The molecule has 2 rings (SSSR count). The van der Waals surface area contributed by atoms with E-state index in [-0.39, 0.29) is 12.1 Å². The molecule has 1 aromatic rings. The molecule has 1 N–H and O–H groups in total. The van der Waals surface area contributed by atoms with Gasteiger partial charge in [-0.25, -0.2) is 8.42 Å². The molecule has 2 atom stereocenters. The van der Waals surface area contributed by atoms with Gasteiger partial charge in [0.2, 0.25) is 10.0 Å². The third kappa shape index (κ3) is 2.94. The summed E-state index contributed by atoms with van der Waals surface area (Å²) >= 11 is 0. The number of piperidine rings is 1. The minimum absolute atomic E-state index is 0.0709.